The van der Waals surface area contributed by atoms with E-state index in [4.69, 9.17) is 12.9 Å². The first kappa shape index (κ1) is 30.6. The van der Waals surface area contributed by atoms with Gasteiger partial charge in [0.15, 0.2) is 0 Å². The molecule has 216 valence electrons. The van der Waals surface area contributed by atoms with Gasteiger partial charge in [0.05, 0.1) is 6.10 Å². The molecular weight excluding hydrogens is 519 g/mol. The first-order valence-corrected chi connectivity index (χ1v) is 16.7. The number of hydrogen-bond donors (Lipinski definition) is 0. The zero-order valence-corrected chi connectivity index (χ0v) is 28.4. The van der Waals surface area contributed by atoms with Crippen molar-refractivity contribution in [2.45, 2.75) is 143 Å². The second-order valence-electron chi connectivity index (χ2n) is 14.7. The van der Waals surface area contributed by atoms with Crippen molar-refractivity contribution in [2.75, 3.05) is 0 Å². The Morgan fingerprint density at radius 2 is 1.15 bits per heavy atom. The molecule has 2 aromatic carbocycles. The number of fused-ring (bicyclic) bond motifs is 3. The van der Waals surface area contributed by atoms with Crippen LogP contribution in [-0.4, -0.2) is 16.1 Å². The lowest BCUT2D eigenvalue weighted by Gasteiger charge is -2.34. The van der Waals surface area contributed by atoms with Crippen molar-refractivity contribution >= 4 is 41.9 Å². The van der Waals surface area contributed by atoms with Gasteiger partial charge in [0.25, 0.3) is 0 Å². The minimum atomic E-state index is -1.65. The molecule has 1 aliphatic rings. The molecule has 1 aromatic heterocycles. The average molecular weight is 571 g/mol. The van der Waals surface area contributed by atoms with Gasteiger partial charge in [0.2, 0.25) is 0 Å². The third-order valence-corrected chi connectivity index (χ3v) is 10.8. The highest BCUT2D eigenvalue weighted by Crippen LogP contribution is 2.47. The monoisotopic (exact) mass is 570 g/mol. The standard InChI is InChI=1S/C34H51O3PS/c1-20-18-24(32(5,6)7)30-28(22(20)3)29-23(4)21(2)19-25(33(8,9)10)31(29)37-38(36-30)35-26-16-14-15-17-27(26)39-34(11,12)13/h18-19,26-27H,14-17H2,1-13H3/t26-,27-/m1/s1. The van der Waals surface area contributed by atoms with Crippen molar-refractivity contribution in [3.8, 4) is 0 Å². The van der Waals surface area contributed by atoms with Crippen molar-refractivity contribution < 1.29 is 12.9 Å². The summed E-state index contributed by atoms with van der Waals surface area (Å²) in [7, 11) is -1.65. The van der Waals surface area contributed by atoms with Crippen LogP contribution in [0.4, 0.5) is 0 Å². The Morgan fingerprint density at radius 3 is 1.56 bits per heavy atom. The number of thioether (sulfide) groups is 1. The van der Waals surface area contributed by atoms with Gasteiger partial charge >= 0.3 is 8.24 Å². The van der Waals surface area contributed by atoms with Crippen molar-refractivity contribution in [3.05, 3.63) is 45.5 Å². The highest BCUT2D eigenvalue weighted by atomic mass is 32.2. The van der Waals surface area contributed by atoms with E-state index in [1.165, 1.54) is 63.4 Å². The lowest BCUT2D eigenvalue weighted by atomic mass is 9.81. The van der Waals surface area contributed by atoms with Gasteiger partial charge in [-0.3, -0.25) is 4.52 Å². The molecule has 1 heterocycles. The van der Waals surface area contributed by atoms with Crippen LogP contribution >= 0.6 is 20.0 Å². The molecule has 5 heteroatoms. The Kier molecular flexibility index (Phi) is 8.48. The van der Waals surface area contributed by atoms with Crippen LogP contribution in [0.2, 0.25) is 0 Å². The van der Waals surface area contributed by atoms with Crippen LogP contribution in [0, 0.1) is 27.7 Å². The Labute approximate surface area is 242 Å². The molecule has 0 saturated heterocycles. The molecule has 4 rings (SSSR count). The summed E-state index contributed by atoms with van der Waals surface area (Å²) in [6.07, 6.45) is 4.81. The molecule has 0 unspecified atom stereocenters. The Morgan fingerprint density at radius 1 is 0.718 bits per heavy atom. The smallest absolute Gasteiger partial charge is 0.387 e. The third kappa shape index (κ3) is 6.44. The van der Waals surface area contributed by atoms with Crippen LogP contribution in [-0.2, 0) is 10.8 Å². The second-order valence-corrected chi connectivity index (χ2v) is 17.8. The number of aryl methyl sites for hydroxylation is 4. The van der Waals surface area contributed by atoms with Gasteiger partial charge < -0.3 is 8.39 Å². The Hall–Kier alpha value is -1.35. The average Bonchev–Trinajstić information content (AvgIpc) is 2.95. The number of hydrogen-bond acceptors (Lipinski definition) is 4. The van der Waals surface area contributed by atoms with E-state index in [0.29, 0.717) is 5.25 Å². The van der Waals surface area contributed by atoms with E-state index >= 15 is 0 Å². The van der Waals surface area contributed by atoms with E-state index in [0.717, 1.165) is 17.6 Å². The fraction of sp³-hybridized carbons (Fsp3) is 0.647. The minimum absolute atomic E-state index is 0.0892. The zero-order chi connectivity index (χ0) is 29.1. The molecule has 2 atom stereocenters. The van der Waals surface area contributed by atoms with Crippen LogP contribution in [0.1, 0.15) is 121 Å². The van der Waals surface area contributed by atoms with Crippen LogP contribution in [0.25, 0.3) is 21.9 Å². The lowest BCUT2D eigenvalue weighted by molar-refractivity contribution is 0.206. The predicted octanol–water partition coefficient (Wildman–Crippen LogP) is 11.4. The first-order chi connectivity index (χ1) is 17.9. The van der Waals surface area contributed by atoms with Crippen molar-refractivity contribution in [1.82, 2.24) is 0 Å². The van der Waals surface area contributed by atoms with E-state index in [2.05, 4.69) is 102 Å². The van der Waals surface area contributed by atoms with Crippen molar-refractivity contribution in [3.63, 3.8) is 0 Å². The van der Waals surface area contributed by atoms with E-state index in [9.17, 15) is 0 Å². The van der Waals surface area contributed by atoms with E-state index in [1.807, 2.05) is 11.8 Å². The van der Waals surface area contributed by atoms with Crippen LogP contribution in [0.5, 0.6) is 0 Å². The largest absolute Gasteiger partial charge is 0.399 e. The molecule has 0 aliphatic heterocycles. The van der Waals surface area contributed by atoms with Crippen molar-refractivity contribution in [1.29, 1.82) is 0 Å². The number of rotatable bonds is 3. The highest BCUT2D eigenvalue weighted by molar-refractivity contribution is 8.01. The van der Waals surface area contributed by atoms with Crippen LogP contribution in [0.3, 0.4) is 0 Å². The molecule has 0 N–H and O–H groups in total. The van der Waals surface area contributed by atoms with Gasteiger partial charge in [-0.2, -0.15) is 0 Å². The molecule has 39 heavy (non-hydrogen) atoms. The predicted molar refractivity (Wildman–Crippen MR) is 173 cm³/mol. The summed E-state index contributed by atoms with van der Waals surface area (Å²) in [5.74, 6) is 0. The maximum atomic E-state index is 6.99. The van der Waals surface area contributed by atoms with E-state index in [1.54, 1.807) is 0 Å². The van der Waals surface area contributed by atoms with Gasteiger partial charge in [-0.1, -0.05) is 87.3 Å². The van der Waals surface area contributed by atoms with E-state index in [-0.39, 0.29) is 21.7 Å². The maximum Gasteiger partial charge on any atom is 0.387 e. The quantitative estimate of drug-likeness (QED) is 0.314. The fourth-order valence-electron chi connectivity index (χ4n) is 5.78. The summed E-state index contributed by atoms with van der Waals surface area (Å²) >= 11 is 2.05. The summed E-state index contributed by atoms with van der Waals surface area (Å²) in [6, 6.07) is 4.64. The molecule has 1 fully saturated rings. The summed E-state index contributed by atoms with van der Waals surface area (Å²) < 4.78 is 21.1. The SMILES string of the molecule is Cc1cc(C(C)(C)C)c2op(O[C@@H]3CCCC[C@H]3SC(C)(C)C)oc3c(C(C)(C)C)cc(C)c(C)c3c2c1C. The summed E-state index contributed by atoms with van der Waals surface area (Å²) in [5.41, 5.74) is 9.23. The van der Waals surface area contributed by atoms with Crippen molar-refractivity contribution in [2.24, 2.45) is 0 Å². The van der Waals surface area contributed by atoms with Crippen LogP contribution in [0.15, 0.2) is 20.5 Å². The molecule has 1 aliphatic carbocycles. The molecule has 0 spiro atoms. The van der Waals surface area contributed by atoms with E-state index < -0.39 is 8.24 Å². The molecule has 3 aromatic rings. The molecule has 0 bridgehead atoms. The minimum Gasteiger partial charge on any atom is -0.399 e. The van der Waals surface area contributed by atoms with Gasteiger partial charge in [0, 0.05) is 31.9 Å². The maximum absolute atomic E-state index is 6.99. The fourth-order valence-corrected chi connectivity index (χ4v) is 8.68. The Bertz CT molecular complexity index is 1330. The molecule has 1 saturated carbocycles. The Balaban J connectivity index is 2.13. The molecule has 3 nitrogen and oxygen atoms in total. The van der Waals surface area contributed by atoms with Gasteiger partial charge in [-0.15, -0.1) is 11.8 Å². The van der Waals surface area contributed by atoms with Crippen LogP contribution < -0.4 is 4.52 Å². The highest BCUT2D eigenvalue weighted by Gasteiger charge is 2.33. The summed E-state index contributed by atoms with van der Waals surface area (Å²) in [5, 5.41) is 2.80. The topological polar surface area (TPSA) is 35.5 Å². The second kappa shape index (κ2) is 10.8. The van der Waals surface area contributed by atoms with Gasteiger partial charge in [-0.05, 0) is 73.6 Å². The third-order valence-electron chi connectivity index (χ3n) is 8.16. The van der Waals surface area contributed by atoms with Gasteiger partial charge in [-0.25, -0.2) is 0 Å². The lowest BCUT2D eigenvalue weighted by Crippen LogP contribution is -2.34. The van der Waals surface area contributed by atoms with Gasteiger partial charge in [0.1, 0.15) is 11.2 Å². The first-order valence-electron chi connectivity index (χ1n) is 14.7. The normalized spacial score (nSPS) is 19.2. The summed E-state index contributed by atoms with van der Waals surface area (Å²) in [4.78, 5) is 0. The summed E-state index contributed by atoms with van der Waals surface area (Å²) in [6.45, 7) is 29.5. The zero-order valence-electron chi connectivity index (χ0n) is 26.7. The number of benzene rings is 2. The molecular formula is C34H51O3PS. The molecule has 0 radical (unpaired) electrons. The molecule has 0 amide bonds.